The first-order valence-electron chi connectivity index (χ1n) is 4.37. The molecule has 1 aliphatic heterocycles. The second-order valence-electron chi connectivity index (χ2n) is 3.05. The molecule has 3 nitrogen and oxygen atoms in total. The lowest BCUT2D eigenvalue weighted by atomic mass is 10.2. The van der Waals surface area contributed by atoms with Crippen molar-refractivity contribution in [2.75, 3.05) is 26.3 Å². The summed E-state index contributed by atoms with van der Waals surface area (Å²) >= 11 is 0. The van der Waals surface area contributed by atoms with Gasteiger partial charge >= 0.3 is 0 Å². The molecule has 0 aromatic heterocycles. The van der Waals surface area contributed by atoms with Gasteiger partial charge in [0.05, 0.1) is 25.4 Å². The maximum absolute atomic E-state index is 5.61. The van der Waals surface area contributed by atoms with E-state index in [-0.39, 0.29) is 6.10 Å². The van der Waals surface area contributed by atoms with E-state index in [1.165, 1.54) is 0 Å². The van der Waals surface area contributed by atoms with Crippen LogP contribution in [-0.4, -0.2) is 38.5 Å². The number of ether oxygens (including phenoxy) is 2. The third-order valence-electron chi connectivity index (χ3n) is 1.77. The summed E-state index contributed by atoms with van der Waals surface area (Å²) in [5, 5.41) is 3.28. The summed E-state index contributed by atoms with van der Waals surface area (Å²) in [5.74, 6) is 0. The molecule has 0 amide bonds. The van der Waals surface area contributed by atoms with E-state index in [1.807, 2.05) is 0 Å². The molecule has 1 aliphatic rings. The number of nitrogens with one attached hydrogen (secondary N) is 1. The average Bonchev–Trinajstić information content (AvgIpc) is 2.05. The van der Waals surface area contributed by atoms with Gasteiger partial charge in [0.1, 0.15) is 0 Å². The van der Waals surface area contributed by atoms with Gasteiger partial charge in [0.2, 0.25) is 0 Å². The van der Waals surface area contributed by atoms with Crippen molar-refractivity contribution in [3.05, 3.63) is 12.7 Å². The summed E-state index contributed by atoms with van der Waals surface area (Å²) in [5.41, 5.74) is 0. The van der Waals surface area contributed by atoms with Gasteiger partial charge in [-0.2, -0.15) is 0 Å². The lowest BCUT2D eigenvalue weighted by Crippen LogP contribution is -2.45. The average molecular weight is 171 g/mol. The molecule has 3 heteroatoms. The van der Waals surface area contributed by atoms with Crippen molar-refractivity contribution in [2.24, 2.45) is 0 Å². The zero-order valence-corrected chi connectivity index (χ0v) is 7.58. The number of hydrogen-bond donors (Lipinski definition) is 1. The molecule has 1 heterocycles. The van der Waals surface area contributed by atoms with Gasteiger partial charge in [0, 0.05) is 13.1 Å². The molecule has 0 saturated carbocycles. The van der Waals surface area contributed by atoms with Crippen LogP contribution in [0, 0.1) is 0 Å². The third kappa shape index (κ3) is 3.34. The molecule has 0 spiro atoms. The molecule has 0 aromatic carbocycles. The van der Waals surface area contributed by atoms with Gasteiger partial charge in [-0.3, -0.25) is 0 Å². The summed E-state index contributed by atoms with van der Waals surface area (Å²) in [6, 6.07) is 0. The molecular weight excluding hydrogens is 154 g/mol. The van der Waals surface area contributed by atoms with E-state index >= 15 is 0 Å². The van der Waals surface area contributed by atoms with Crippen molar-refractivity contribution in [1.29, 1.82) is 0 Å². The van der Waals surface area contributed by atoms with Crippen LogP contribution in [0.1, 0.15) is 6.92 Å². The second-order valence-corrected chi connectivity index (χ2v) is 3.05. The summed E-state index contributed by atoms with van der Waals surface area (Å²) in [7, 11) is 0. The number of morpholine rings is 1. The Hall–Kier alpha value is -0.380. The predicted octanol–water partition coefficient (Wildman–Crippen LogP) is 0.566. The minimum absolute atomic E-state index is 0.202. The Morgan fingerprint density at radius 1 is 1.67 bits per heavy atom. The Morgan fingerprint density at radius 3 is 3.17 bits per heavy atom. The van der Waals surface area contributed by atoms with Gasteiger partial charge in [0.15, 0.2) is 0 Å². The maximum atomic E-state index is 5.61. The highest BCUT2D eigenvalue weighted by Crippen LogP contribution is 2.03. The maximum Gasteiger partial charge on any atom is 0.0936 e. The first kappa shape index (κ1) is 9.71. The van der Waals surface area contributed by atoms with E-state index < -0.39 is 0 Å². The largest absolute Gasteiger partial charge is 0.375 e. The van der Waals surface area contributed by atoms with Crippen LogP contribution < -0.4 is 5.32 Å². The first-order valence-corrected chi connectivity index (χ1v) is 4.37. The number of hydrogen-bond acceptors (Lipinski definition) is 3. The molecule has 0 bridgehead atoms. The van der Waals surface area contributed by atoms with Gasteiger partial charge < -0.3 is 14.8 Å². The minimum atomic E-state index is 0.202. The zero-order chi connectivity index (χ0) is 8.81. The van der Waals surface area contributed by atoms with Crippen LogP contribution in [-0.2, 0) is 9.47 Å². The van der Waals surface area contributed by atoms with Crippen LogP contribution in [0.2, 0.25) is 0 Å². The minimum Gasteiger partial charge on any atom is -0.375 e. The second kappa shape index (κ2) is 5.30. The Balaban J connectivity index is 2.09. The van der Waals surface area contributed by atoms with E-state index in [0.29, 0.717) is 19.3 Å². The summed E-state index contributed by atoms with van der Waals surface area (Å²) in [6.45, 7) is 8.73. The zero-order valence-electron chi connectivity index (χ0n) is 7.58. The Morgan fingerprint density at radius 2 is 2.50 bits per heavy atom. The molecule has 70 valence electrons. The summed E-state index contributed by atoms with van der Waals surface area (Å²) in [4.78, 5) is 0. The van der Waals surface area contributed by atoms with Crippen LogP contribution in [0.15, 0.2) is 12.7 Å². The van der Waals surface area contributed by atoms with Crippen molar-refractivity contribution < 1.29 is 9.47 Å². The molecular formula is C9H17NO2. The molecule has 1 fully saturated rings. The highest BCUT2D eigenvalue weighted by molar-refractivity contribution is 4.72. The third-order valence-corrected chi connectivity index (χ3v) is 1.77. The fraction of sp³-hybridized carbons (Fsp3) is 0.778. The molecule has 12 heavy (non-hydrogen) atoms. The van der Waals surface area contributed by atoms with E-state index in [9.17, 15) is 0 Å². The van der Waals surface area contributed by atoms with Crippen molar-refractivity contribution in [2.45, 2.75) is 19.1 Å². The van der Waals surface area contributed by atoms with E-state index in [0.717, 1.165) is 13.1 Å². The van der Waals surface area contributed by atoms with E-state index in [1.54, 1.807) is 6.08 Å². The van der Waals surface area contributed by atoms with Crippen molar-refractivity contribution in [1.82, 2.24) is 5.32 Å². The predicted molar refractivity (Wildman–Crippen MR) is 48.2 cm³/mol. The Kier molecular flexibility index (Phi) is 4.29. The molecule has 2 atom stereocenters. The van der Waals surface area contributed by atoms with Crippen LogP contribution >= 0.6 is 0 Å². The Labute approximate surface area is 73.7 Å². The summed E-state index contributed by atoms with van der Waals surface area (Å²) in [6.07, 6.45) is 2.25. The van der Waals surface area contributed by atoms with Crippen molar-refractivity contribution in [3.63, 3.8) is 0 Å². The topological polar surface area (TPSA) is 30.5 Å². The van der Waals surface area contributed by atoms with Crippen LogP contribution in [0.5, 0.6) is 0 Å². The smallest absolute Gasteiger partial charge is 0.0936 e. The lowest BCUT2D eigenvalue weighted by molar-refractivity contribution is -0.0648. The normalized spacial score (nSPS) is 30.1. The van der Waals surface area contributed by atoms with Gasteiger partial charge in [-0.25, -0.2) is 0 Å². The number of rotatable bonds is 4. The van der Waals surface area contributed by atoms with E-state index in [4.69, 9.17) is 9.47 Å². The van der Waals surface area contributed by atoms with Gasteiger partial charge in [-0.15, -0.1) is 6.58 Å². The molecule has 1 rings (SSSR count). The van der Waals surface area contributed by atoms with E-state index in [2.05, 4.69) is 18.8 Å². The summed E-state index contributed by atoms with van der Waals surface area (Å²) < 4.78 is 10.9. The molecule has 0 aliphatic carbocycles. The highest BCUT2D eigenvalue weighted by Gasteiger charge is 2.17. The van der Waals surface area contributed by atoms with Crippen molar-refractivity contribution in [3.8, 4) is 0 Å². The first-order chi connectivity index (χ1) is 5.83. The van der Waals surface area contributed by atoms with Gasteiger partial charge in [-0.05, 0) is 6.92 Å². The quantitative estimate of drug-likeness (QED) is 0.495. The Bertz CT molecular complexity index is 138. The lowest BCUT2D eigenvalue weighted by Gasteiger charge is -2.28. The van der Waals surface area contributed by atoms with Crippen LogP contribution in [0.25, 0.3) is 0 Å². The SMILES string of the molecule is C=CCOCC1CNCC(C)O1. The highest BCUT2D eigenvalue weighted by atomic mass is 16.5. The molecule has 1 N–H and O–H groups in total. The standard InChI is InChI=1S/C9H17NO2/c1-3-4-11-7-9-6-10-5-8(2)12-9/h3,8-10H,1,4-7H2,2H3. The molecule has 0 radical (unpaired) electrons. The monoisotopic (exact) mass is 171 g/mol. The van der Waals surface area contributed by atoms with Crippen molar-refractivity contribution >= 4 is 0 Å². The fourth-order valence-electron chi connectivity index (χ4n) is 1.25. The van der Waals surface area contributed by atoms with Gasteiger partial charge in [-0.1, -0.05) is 6.08 Å². The van der Waals surface area contributed by atoms with Crippen LogP contribution in [0.4, 0.5) is 0 Å². The molecule has 1 saturated heterocycles. The van der Waals surface area contributed by atoms with Gasteiger partial charge in [0.25, 0.3) is 0 Å². The van der Waals surface area contributed by atoms with Crippen LogP contribution in [0.3, 0.4) is 0 Å². The fourth-order valence-corrected chi connectivity index (χ4v) is 1.25. The molecule has 0 aromatic rings. The molecule has 2 unspecified atom stereocenters.